The number of benzene rings is 2. The maximum Gasteiger partial charge on any atom is 0.336 e. The molecule has 1 saturated heterocycles. The third-order valence-electron chi connectivity index (χ3n) is 7.43. The number of carbonyl (C=O) groups is 1. The number of nitrogens with zero attached hydrogens (tertiary/aromatic N) is 3. The molecule has 1 aromatic heterocycles. The van der Waals surface area contributed by atoms with Crippen LogP contribution in [-0.2, 0) is 10.0 Å². The summed E-state index contributed by atoms with van der Waals surface area (Å²) in [4.78, 5) is 21.8. The van der Waals surface area contributed by atoms with Gasteiger partial charge < -0.3 is 10.0 Å². The molecule has 0 radical (unpaired) electrons. The molecule has 204 valence electrons. The lowest BCUT2D eigenvalue weighted by Crippen LogP contribution is -2.50. The second-order valence-electron chi connectivity index (χ2n) is 10.9. The van der Waals surface area contributed by atoms with Crippen molar-refractivity contribution in [3.63, 3.8) is 0 Å². The average Bonchev–Trinajstić information content (AvgIpc) is 2.84. The van der Waals surface area contributed by atoms with Crippen LogP contribution in [0.25, 0.3) is 10.9 Å². The molecule has 0 amide bonds. The number of anilines is 2. The Labute approximate surface area is 225 Å². The first-order valence-corrected chi connectivity index (χ1v) is 14.6. The fourth-order valence-electron chi connectivity index (χ4n) is 5.27. The number of carboxylic acids is 1. The Morgan fingerprint density at radius 3 is 2.26 bits per heavy atom. The minimum Gasteiger partial charge on any atom is -0.478 e. The van der Waals surface area contributed by atoms with Gasteiger partial charge in [-0.3, -0.25) is 9.62 Å². The molecule has 0 bridgehead atoms. The van der Waals surface area contributed by atoms with E-state index in [4.69, 9.17) is 4.98 Å². The summed E-state index contributed by atoms with van der Waals surface area (Å²) in [6, 6.07) is 10.5. The summed E-state index contributed by atoms with van der Waals surface area (Å²) in [5, 5.41) is 10.4. The van der Waals surface area contributed by atoms with Crippen LogP contribution in [0.15, 0.2) is 41.3 Å². The predicted octanol–water partition coefficient (Wildman–Crippen LogP) is 5.22. The van der Waals surface area contributed by atoms with Gasteiger partial charge in [-0.1, -0.05) is 19.9 Å². The van der Waals surface area contributed by atoms with Gasteiger partial charge in [0.1, 0.15) is 5.82 Å². The van der Waals surface area contributed by atoms with E-state index in [0.29, 0.717) is 39.9 Å². The Balaban J connectivity index is 1.60. The van der Waals surface area contributed by atoms with Crippen molar-refractivity contribution in [2.24, 2.45) is 5.92 Å². The topological polar surface area (TPSA) is 103 Å². The number of piperazine rings is 1. The lowest BCUT2D eigenvalue weighted by atomic mass is 10.0. The first-order valence-electron chi connectivity index (χ1n) is 13.1. The molecule has 4 rings (SSSR count). The fraction of sp³-hybridized carbons (Fsp3) is 0.448. The van der Waals surface area contributed by atoms with E-state index in [1.54, 1.807) is 37.3 Å². The predicted molar refractivity (Wildman–Crippen MR) is 153 cm³/mol. The molecule has 8 nitrogen and oxygen atoms in total. The molecule has 0 saturated carbocycles. The molecule has 1 atom stereocenters. The van der Waals surface area contributed by atoms with Gasteiger partial charge in [0.2, 0.25) is 0 Å². The molecule has 1 aliphatic rings. The number of carboxylic acid groups (broad SMARTS) is 1. The number of hydrogen-bond donors (Lipinski definition) is 2. The molecular formula is C29H38N4O4S. The van der Waals surface area contributed by atoms with Gasteiger partial charge in [-0.15, -0.1) is 0 Å². The molecule has 38 heavy (non-hydrogen) atoms. The molecule has 1 fully saturated rings. The summed E-state index contributed by atoms with van der Waals surface area (Å²) in [7, 11) is -3.86. The Bertz CT molecular complexity index is 1460. The highest BCUT2D eigenvalue weighted by Gasteiger charge is 2.24. The van der Waals surface area contributed by atoms with Crippen LogP contribution in [0.5, 0.6) is 0 Å². The Morgan fingerprint density at radius 2 is 1.63 bits per heavy atom. The molecule has 0 aliphatic carbocycles. The lowest BCUT2D eigenvalue weighted by molar-refractivity contribution is 0.0699. The molecule has 2 heterocycles. The van der Waals surface area contributed by atoms with Crippen LogP contribution in [-0.4, -0.2) is 61.6 Å². The number of nitrogens with one attached hydrogen (secondary N) is 1. The second-order valence-corrected chi connectivity index (χ2v) is 12.5. The summed E-state index contributed by atoms with van der Waals surface area (Å²) in [6.45, 7) is 15.7. The minimum atomic E-state index is -3.86. The van der Waals surface area contributed by atoms with E-state index >= 15 is 0 Å². The van der Waals surface area contributed by atoms with Crippen LogP contribution in [0.4, 0.5) is 11.5 Å². The van der Waals surface area contributed by atoms with Crippen molar-refractivity contribution < 1.29 is 18.3 Å². The quantitative estimate of drug-likeness (QED) is 0.406. The number of aryl methyl sites for hydroxylation is 3. The third-order valence-corrected chi connectivity index (χ3v) is 8.96. The van der Waals surface area contributed by atoms with Crippen molar-refractivity contribution in [2.75, 3.05) is 35.8 Å². The number of pyridine rings is 1. The summed E-state index contributed by atoms with van der Waals surface area (Å²) in [5.74, 6) is 0.195. The Hall–Kier alpha value is -3.17. The molecule has 0 spiro atoms. The van der Waals surface area contributed by atoms with Crippen molar-refractivity contribution in [1.82, 2.24) is 9.88 Å². The normalized spacial score (nSPS) is 15.7. The van der Waals surface area contributed by atoms with Crippen LogP contribution in [0, 0.1) is 26.7 Å². The van der Waals surface area contributed by atoms with Crippen molar-refractivity contribution >= 4 is 38.4 Å². The van der Waals surface area contributed by atoms with E-state index in [1.165, 1.54) is 0 Å². The second kappa shape index (κ2) is 10.9. The van der Waals surface area contributed by atoms with Gasteiger partial charge in [0.15, 0.2) is 0 Å². The first-order chi connectivity index (χ1) is 17.9. The lowest BCUT2D eigenvalue weighted by Gasteiger charge is -2.39. The van der Waals surface area contributed by atoms with E-state index in [2.05, 4.69) is 35.3 Å². The maximum atomic E-state index is 13.2. The third kappa shape index (κ3) is 5.94. The number of fused-ring (bicyclic) bond motifs is 1. The highest BCUT2D eigenvalue weighted by molar-refractivity contribution is 7.92. The van der Waals surface area contributed by atoms with Crippen LogP contribution in [0.2, 0.25) is 0 Å². The summed E-state index contributed by atoms with van der Waals surface area (Å²) in [6.07, 6.45) is 1.15. The minimum absolute atomic E-state index is 0.101. The van der Waals surface area contributed by atoms with E-state index < -0.39 is 16.0 Å². The van der Waals surface area contributed by atoms with Gasteiger partial charge in [-0.25, -0.2) is 18.2 Å². The van der Waals surface area contributed by atoms with Gasteiger partial charge in [-0.2, -0.15) is 0 Å². The van der Waals surface area contributed by atoms with E-state index in [9.17, 15) is 18.3 Å². The van der Waals surface area contributed by atoms with Crippen molar-refractivity contribution in [2.45, 2.75) is 58.9 Å². The van der Waals surface area contributed by atoms with E-state index in [-0.39, 0.29) is 10.5 Å². The van der Waals surface area contributed by atoms with Crippen LogP contribution in [0.3, 0.4) is 0 Å². The number of sulfonamides is 1. The van der Waals surface area contributed by atoms with Crippen LogP contribution < -0.4 is 9.62 Å². The molecule has 1 aliphatic heterocycles. The van der Waals surface area contributed by atoms with E-state index in [1.807, 2.05) is 19.9 Å². The fourth-order valence-corrected chi connectivity index (χ4v) is 6.63. The average molecular weight is 539 g/mol. The zero-order valence-electron chi connectivity index (χ0n) is 23.1. The molecule has 1 unspecified atom stereocenters. The molecule has 3 aromatic rings. The number of aromatic carboxylic acids is 1. The highest BCUT2D eigenvalue weighted by atomic mass is 32.2. The monoisotopic (exact) mass is 538 g/mol. The van der Waals surface area contributed by atoms with Gasteiger partial charge in [-0.05, 0) is 87.1 Å². The standard InChI is InChI=1S/C29H38N4O4S/c1-18(2)13-22(6)32-9-11-33(12-10-32)28-17-25(29(34)35)24-16-23(7-8-26(24)30-28)31-38(36,37)27-15-20(4)19(3)14-21(27)5/h7-8,14-18,22,31H,9-13H2,1-6H3,(H,34,35). The molecule has 2 aromatic carbocycles. The van der Waals surface area contributed by atoms with E-state index in [0.717, 1.165) is 43.7 Å². The van der Waals surface area contributed by atoms with Crippen molar-refractivity contribution in [1.29, 1.82) is 0 Å². The van der Waals surface area contributed by atoms with Gasteiger partial charge in [0, 0.05) is 43.3 Å². The van der Waals surface area contributed by atoms with Crippen LogP contribution >= 0.6 is 0 Å². The zero-order valence-corrected chi connectivity index (χ0v) is 23.9. The highest BCUT2D eigenvalue weighted by Crippen LogP contribution is 2.29. The number of rotatable bonds is 8. The van der Waals surface area contributed by atoms with Crippen molar-refractivity contribution in [3.8, 4) is 0 Å². The Morgan fingerprint density at radius 1 is 0.974 bits per heavy atom. The van der Waals surface area contributed by atoms with Gasteiger partial charge in [0.05, 0.1) is 16.0 Å². The number of aromatic nitrogens is 1. The van der Waals surface area contributed by atoms with Crippen LogP contribution in [0.1, 0.15) is 54.2 Å². The Kier molecular flexibility index (Phi) is 7.99. The van der Waals surface area contributed by atoms with Gasteiger partial charge in [0.25, 0.3) is 10.0 Å². The molecule has 2 N–H and O–H groups in total. The summed E-state index contributed by atoms with van der Waals surface area (Å²) < 4.78 is 29.0. The maximum absolute atomic E-state index is 13.2. The molecular weight excluding hydrogens is 500 g/mol. The SMILES string of the molecule is Cc1cc(C)c(S(=O)(=O)Nc2ccc3nc(N4CCN(C(C)CC(C)C)CC4)cc(C(=O)O)c3c2)cc1C. The van der Waals surface area contributed by atoms with Crippen molar-refractivity contribution in [3.05, 3.63) is 58.7 Å². The largest absolute Gasteiger partial charge is 0.478 e. The number of hydrogen-bond acceptors (Lipinski definition) is 6. The van der Waals surface area contributed by atoms with Gasteiger partial charge >= 0.3 is 5.97 Å². The smallest absolute Gasteiger partial charge is 0.336 e. The zero-order chi connectivity index (χ0) is 27.8. The molecule has 9 heteroatoms. The summed E-state index contributed by atoms with van der Waals surface area (Å²) in [5.41, 5.74) is 3.46. The summed E-state index contributed by atoms with van der Waals surface area (Å²) >= 11 is 0. The first kappa shape index (κ1) is 27.9.